The molecule has 2 atom stereocenters. The molecular formula is C7H12N. The third-order valence-electron chi connectivity index (χ3n) is 2.33. The lowest BCUT2D eigenvalue weighted by Gasteiger charge is -2.17. The number of hydrogen-bond donors (Lipinski definition) is 0. The molecule has 0 aliphatic carbocycles. The molecule has 2 aliphatic rings. The molecule has 0 saturated carbocycles. The molecule has 0 N–H and O–H groups in total. The van der Waals surface area contributed by atoms with Gasteiger partial charge in [-0.1, -0.05) is 6.42 Å². The van der Waals surface area contributed by atoms with Crippen LogP contribution in [0.1, 0.15) is 32.1 Å². The summed E-state index contributed by atoms with van der Waals surface area (Å²) in [5, 5.41) is 4.59. The highest BCUT2D eigenvalue weighted by atomic mass is 15.0. The molecule has 0 amide bonds. The zero-order chi connectivity index (χ0) is 5.40. The molecule has 2 heterocycles. The molecule has 2 unspecified atom stereocenters. The van der Waals surface area contributed by atoms with E-state index in [-0.39, 0.29) is 0 Å². The predicted octanol–water partition coefficient (Wildman–Crippen LogP) is 1.31. The highest BCUT2D eigenvalue weighted by Gasteiger charge is 2.28. The Balaban J connectivity index is 2.03. The summed E-state index contributed by atoms with van der Waals surface area (Å²) in [5.41, 5.74) is 0. The molecule has 1 nitrogen and oxygen atoms in total. The highest BCUT2D eigenvalue weighted by molar-refractivity contribution is 4.87. The van der Waals surface area contributed by atoms with Crippen molar-refractivity contribution in [2.45, 2.75) is 44.2 Å². The smallest absolute Gasteiger partial charge is 0.0249 e. The summed E-state index contributed by atoms with van der Waals surface area (Å²) in [4.78, 5) is 0. The van der Waals surface area contributed by atoms with Gasteiger partial charge in [-0.05, 0) is 25.7 Å². The minimum atomic E-state index is 0.786. The molecular weight excluding hydrogens is 98.1 g/mol. The van der Waals surface area contributed by atoms with Gasteiger partial charge in [0.25, 0.3) is 0 Å². The Labute approximate surface area is 50.5 Å². The molecule has 1 heteroatoms. The Morgan fingerprint density at radius 1 is 0.875 bits per heavy atom. The SMILES string of the molecule is C1CC2CCC(C1)[N]2. The van der Waals surface area contributed by atoms with Gasteiger partial charge >= 0.3 is 0 Å². The predicted molar refractivity (Wildman–Crippen MR) is 32.8 cm³/mol. The van der Waals surface area contributed by atoms with Crippen LogP contribution in [0.2, 0.25) is 0 Å². The largest absolute Gasteiger partial charge is 0.235 e. The summed E-state index contributed by atoms with van der Waals surface area (Å²) < 4.78 is 0. The van der Waals surface area contributed by atoms with Crippen LogP contribution >= 0.6 is 0 Å². The standard InChI is InChI=1S/C7H12N/c1-2-6-4-5-7(3-1)8-6/h6-7H,1-5H2. The molecule has 2 rings (SSSR count). The first-order chi connectivity index (χ1) is 3.95. The van der Waals surface area contributed by atoms with E-state index in [1.165, 1.54) is 32.1 Å². The van der Waals surface area contributed by atoms with Gasteiger partial charge < -0.3 is 0 Å². The van der Waals surface area contributed by atoms with Gasteiger partial charge in [0.1, 0.15) is 0 Å². The first kappa shape index (κ1) is 4.80. The van der Waals surface area contributed by atoms with E-state index in [0.29, 0.717) is 0 Å². The molecule has 1 radical (unpaired) electrons. The normalized spacial score (nSPS) is 45.0. The molecule has 0 aromatic carbocycles. The van der Waals surface area contributed by atoms with E-state index in [0.717, 1.165) is 12.1 Å². The van der Waals surface area contributed by atoms with Crippen LogP contribution in [-0.2, 0) is 0 Å². The Kier molecular flexibility index (Phi) is 1.04. The van der Waals surface area contributed by atoms with E-state index in [2.05, 4.69) is 5.32 Å². The van der Waals surface area contributed by atoms with Crippen molar-refractivity contribution in [3.8, 4) is 0 Å². The fourth-order valence-corrected chi connectivity index (χ4v) is 1.86. The average Bonchev–Trinajstić information content (AvgIpc) is 2.12. The van der Waals surface area contributed by atoms with Crippen LogP contribution in [0, 0.1) is 0 Å². The molecule has 2 fully saturated rings. The second kappa shape index (κ2) is 1.73. The number of hydrogen-bond acceptors (Lipinski definition) is 0. The lowest BCUT2D eigenvalue weighted by atomic mass is 10.1. The Hall–Kier alpha value is -0.0400. The van der Waals surface area contributed by atoms with E-state index >= 15 is 0 Å². The van der Waals surface area contributed by atoms with E-state index in [9.17, 15) is 0 Å². The van der Waals surface area contributed by atoms with E-state index in [1.54, 1.807) is 0 Å². The Bertz CT molecular complexity index is 76.4. The zero-order valence-electron chi connectivity index (χ0n) is 5.14. The summed E-state index contributed by atoms with van der Waals surface area (Å²) in [5.74, 6) is 0. The van der Waals surface area contributed by atoms with Crippen molar-refractivity contribution in [3.63, 3.8) is 0 Å². The zero-order valence-corrected chi connectivity index (χ0v) is 5.14. The van der Waals surface area contributed by atoms with Crippen LogP contribution in [0.5, 0.6) is 0 Å². The minimum Gasteiger partial charge on any atom is -0.235 e. The van der Waals surface area contributed by atoms with Gasteiger partial charge in [-0.2, -0.15) is 0 Å². The van der Waals surface area contributed by atoms with E-state index < -0.39 is 0 Å². The van der Waals surface area contributed by atoms with Crippen LogP contribution in [0.15, 0.2) is 0 Å². The van der Waals surface area contributed by atoms with Gasteiger partial charge in [0, 0.05) is 12.1 Å². The van der Waals surface area contributed by atoms with E-state index in [1.807, 2.05) is 0 Å². The second-order valence-corrected chi connectivity index (χ2v) is 2.96. The maximum absolute atomic E-state index is 4.59. The van der Waals surface area contributed by atoms with Crippen LogP contribution in [-0.4, -0.2) is 12.1 Å². The fraction of sp³-hybridized carbons (Fsp3) is 1.00. The summed E-state index contributed by atoms with van der Waals surface area (Å²) in [7, 11) is 0. The van der Waals surface area contributed by atoms with Gasteiger partial charge in [0.2, 0.25) is 0 Å². The molecule has 2 bridgehead atoms. The third kappa shape index (κ3) is 0.655. The number of fused-ring (bicyclic) bond motifs is 2. The van der Waals surface area contributed by atoms with Crippen molar-refractivity contribution in [1.82, 2.24) is 5.32 Å². The van der Waals surface area contributed by atoms with Crippen molar-refractivity contribution in [2.75, 3.05) is 0 Å². The van der Waals surface area contributed by atoms with E-state index in [4.69, 9.17) is 0 Å². The third-order valence-corrected chi connectivity index (χ3v) is 2.33. The summed E-state index contributed by atoms with van der Waals surface area (Å²) in [6.45, 7) is 0. The molecule has 45 valence electrons. The van der Waals surface area contributed by atoms with Gasteiger partial charge in [0.15, 0.2) is 0 Å². The van der Waals surface area contributed by atoms with Gasteiger partial charge in [-0.15, -0.1) is 0 Å². The molecule has 0 aromatic heterocycles. The Morgan fingerprint density at radius 3 is 2.00 bits per heavy atom. The van der Waals surface area contributed by atoms with Gasteiger partial charge in [-0.3, -0.25) is 0 Å². The first-order valence-corrected chi connectivity index (χ1v) is 3.65. The maximum atomic E-state index is 4.59. The quantitative estimate of drug-likeness (QED) is 0.446. The second-order valence-electron chi connectivity index (χ2n) is 2.96. The lowest BCUT2D eigenvalue weighted by molar-refractivity contribution is 0.397. The minimum absolute atomic E-state index is 0.786. The summed E-state index contributed by atoms with van der Waals surface area (Å²) >= 11 is 0. The molecule has 8 heavy (non-hydrogen) atoms. The summed E-state index contributed by atoms with van der Waals surface area (Å²) in [6.07, 6.45) is 7.00. The molecule has 0 spiro atoms. The molecule has 2 saturated heterocycles. The monoisotopic (exact) mass is 110 g/mol. The first-order valence-electron chi connectivity index (χ1n) is 3.65. The number of nitrogens with zero attached hydrogens (tertiary/aromatic N) is 1. The van der Waals surface area contributed by atoms with Crippen LogP contribution in [0.4, 0.5) is 0 Å². The van der Waals surface area contributed by atoms with Crippen LogP contribution < -0.4 is 5.32 Å². The summed E-state index contributed by atoms with van der Waals surface area (Å²) in [6, 6.07) is 1.57. The van der Waals surface area contributed by atoms with Crippen molar-refractivity contribution in [2.24, 2.45) is 0 Å². The van der Waals surface area contributed by atoms with Crippen molar-refractivity contribution in [3.05, 3.63) is 0 Å². The van der Waals surface area contributed by atoms with Crippen LogP contribution in [0.3, 0.4) is 0 Å². The lowest BCUT2D eigenvalue weighted by Crippen LogP contribution is -2.26. The van der Waals surface area contributed by atoms with Crippen molar-refractivity contribution in [1.29, 1.82) is 0 Å². The average molecular weight is 110 g/mol. The number of rotatable bonds is 0. The Morgan fingerprint density at radius 2 is 1.50 bits per heavy atom. The highest BCUT2D eigenvalue weighted by Crippen LogP contribution is 2.27. The maximum Gasteiger partial charge on any atom is 0.0249 e. The fourth-order valence-electron chi connectivity index (χ4n) is 1.86. The van der Waals surface area contributed by atoms with Gasteiger partial charge in [-0.25, -0.2) is 5.32 Å². The topological polar surface area (TPSA) is 14.1 Å². The van der Waals surface area contributed by atoms with Crippen molar-refractivity contribution >= 4 is 0 Å². The molecule has 2 aliphatic heterocycles. The van der Waals surface area contributed by atoms with Gasteiger partial charge in [0.05, 0.1) is 0 Å². The van der Waals surface area contributed by atoms with Crippen LogP contribution in [0.25, 0.3) is 0 Å². The molecule has 0 aromatic rings. The van der Waals surface area contributed by atoms with Crippen molar-refractivity contribution < 1.29 is 0 Å². The number of piperidine rings is 1.